The smallest absolute Gasteiger partial charge is 0.228 e. The summed E-state index contributed by atoms with van der Waals surface area (Å²) in [4.78, 5) is 26.4. The highest BCUT2D eigenvalue weighted by atomic mass is 32.2. The number of aromatic nitrogens is 2. The molecule has 1 saturated carbocycles. The van der Waals surface area contributed by atoms with Gasteiger partial charge in [-0.3, -0.25) is 14.5 Å². The van der Waals surface area contributed by atoms with Gasteiger partial charge in [-0.25, -0.2) is 0 Å². The molecule has 1 aliphatic carbocycles. The third kappa shape index (κ3) is 4.08. The van der Waals surface area contributed by atoms with E-state index in [1.54, 1.807) is 23.1 Å². The summed E-state index contributed by atoms with van der Waals surface area (Å²) in [6.07, 6.45) is 2.47. The first-order valence-corrected chi connectivity index (χ1v) is 10.7. The largest absolute Gasteiger partial charge is 0.486 e. The van der Waals surface area contributed by atoms with Crippen molar-refractivity contribution in [3.63, 3.8) is 0 Å². The Hall–Kier alpha value is -2.13. The van der Waals surface area contributed by atoms with Crippen LogP contribution in [0.5, 0.6) is 11.5 Å². The topological polar surface area (TPSA) is 81.6 Å². The van der Waals surface area contributed by atoms with Crippen molar-refractivity contribution >= 4 is 39.9 Å². The van der Waals surface area contributed by atoms with Gasteiger partial charge in [0.15, 0.2) is 21.6 Å². The molecule has 0 saturated heterocycles. The van der Waals surface area contributed by atoms with Crippen LogP contribution in [-0.2, 0) is 4.79 Å². The van der Waals surface area contributed by atoms with Crippen molar-refractivity contribution in [2.45, 2.75) is 36.6 Å². The number of Topliss-reactive ketones (excluding diaryl/α,β-unsaturated/α-hetero) is 1. The molecule has 0 bridgehead atoms. The van der Waals surface area contributed by atoms with Gasteiger partial charge in [0, 0.05) is 18.0 Å². The van der Waals surface area contributed by atoms with E-state index >= 15 is 0 Å². The predicted molar refractivity (Wildman–Crippen MR) is 103 cm³/mol. The molecular weight excluding hydrogens is 386 g/mol. The van der Waals surface area contributed by atoms with Gasteiger partial charge in [-0.2, -0.15) is 0 Å². The molecule has 2 heterocycles. The Kier molecular flexibility index (Phi) is 5.31. The van der Waals surface area contributed by atoms with Gasteiger partial charge < -0.3 is 9.47 Å². The molecule has 1 aliphatic heterocycles. The Morgan fingerprint density at radius 2 is 2.00 bits per heavy atom. The average Bonchev–Trinajstić information content (AvgIpc) is 3.43. The molecule has 1 amide bonds. The van der Waals surface area contributed by atoms with E-state index in [0.717, 1.165) is 12.8 Å². The quantitative estimate of drug-likeness (QED) is 0.397. The molecule has 2 aliphatic rings. The Bertz CT molecular complexity index is 866. The van der Waals surface area contributed by atoms with E-state index in [4.69, 9.17) is 9.47 Å². The van der Waals surface area contributed by atoms with Crippen molar-refractivity contribution in [2.24, 2.45) is 0 Å². The zero-order valence-corrected chi connectivity index (χ0v) is 16.5. The summed E-state index contributed by atoms with van der Waals surface area (Å²) in [5.74, 6) is 1.57. The van der Waals surface area contributed by atoms with E-state index in [2.05, 4.69) is 10.2 Å². The van der Waals surface area contributed by atoms with Crippen molar-refractivity contribution in [3.8, 4) is 11.5 Å². The van der Waals surface area contributed by atoms with E-state index in [1.165, 1.54) is 23.1 Å². The summed E-state index contributed by atoms with van der Waals surface area (Å²) in [6, 6.07) is 5.48. The first-order valence-electron chi connectivity index (χ1n) is 8.87. The second-order valence-electron chi connectivity index (χ2n) is 6.27. The van der Waals surface area contributed by atoms with E-state index < -0.39 is 0 Å². The number of thioether (sulfide) groups is 1. The Morgan fingerprint density at radius 1 is 1.22 bits per heavy atom. The lowest BCUT2D eigenvalue weighted by Gasteiger charge is -2.18. The van der Waals surface area contributed by atoms with Crippen LogP contribution < -0.4 is 14.4 Å². The van der Waals surface area contributed by atoms with Crippen LogP contribution in [0.1, 0.15) is 36.5 Å². The standard InChI is InChI=1S/C18H19N3O4S2/c1-2-16(23)21(12-4-5-12)17-19-20-18(27-17)26-10-13(22)11-3-6-14-15(9-11)25-8-7-24-14/h3,6,9,12H,2,4-5,7-8,10H2,1H3. The van der Waals surface area contributed by atoms with Crippen LogP contribution in [0.3, 0.4) is 0 Å². The molecule has 1 aromatic carbocycles. The second kappa shape index (κ2) is 7.85. The first kappa shape index (κ1) is 18.2. The predicted octanol–water partition coefficient (Wildman–Crippen LogP) is 3.19. The number of carbonyl (C=O) groups excluding carboxylic acids is 2. The fraction of sp³-hybridized carbons (Fsp3) is 0.444. The summed E-state index contributed by atoms with van der Waals surface area (Å²) < 4.78 is 11.7. The van der Waals surface area contributed by atoms with Crippen LogP contribution in [-0.4, -0.2) is 46.9 Å². The van der Waals surface area contributed by atoms with Gasteiger partial charge in [0.25, 0.3) is 0 Å². The van der Waals surface area contributed by atoms with Gasteiger partial charge >= 0.3 is 0 Å². The van der Waals surface area contributed by atoms with Crippen LogP contribution in [0.15, 0.2) is 22.5 Å². The summed E-state index contributed by atoms with van der Waals surface area (Å²) in [7, 11) is 0. The highest BCUT2D eigenvalue weighted by Gasteiger charge is 2.35. The Morgan fingerprint density at radius 3 is 2.74 bits per heavy atom. The Balaban J connectivity index is 1.39. The number of fused-ring (bicyclic) bond motifs is 1. The number of hydrogen-bond donors (Lipinski definition) is 0. The molecule has 1 aromatic heterocycles. The number of amides is 1. The van der Waals surface area contributed by atoms with Crippen LogP contribution in [0.25, 0.3) is 0 Å². The van der Waals surface area contributed by atoms with Crippen LogP contribution in [0, 0.1) is 0 Å². The summed E-state index contributed by atoms with van der Waals surface area (Å²) in [5, 5.41) is 8.92. The molecule has 0 unspecified atom stereocenters. The lowest BCUT2D eigenvalue weighted by atomic mass is 10.1. The summed E-state index contributed by atoms with van der Waals surface area (Å²) >= 11 is 2.70. The second-order valence-corrected chi connectivity index (χ2v) is 8.45. The average molecular weight is 406 g/mol. The Labute approximate surface area is 165 Å². The number of ketones is 1. The maximum absolute atomic E-state index is 12.5. The maximum atomic E-state index is 12.5. The van der Waals surface area contributed by atoms with Crippen molar-refractivity contribution in [1.82, 2.24) is 10.2 Å². The SMILES string of the molecule is CCC(=O)N(c1nnc(SCC(=O)c2ccc3c(c2)OCCO3)s1)C1CC1. The van der Waals surface area contributed by atoms with E-state index in [0.29, 0.717) is 46.2 Å². The number of anilines is 1. The van der Waals surface area contributed by atoms with Gasteiger partial charge in [0.2, 0.25) is 11.0 Å². The normalized spacial score (nSPS) is 15.4. The molecule has 7 nitrogen and oxygen atoms in total. The number of ether oxygens (including phenoxy) is 2. The molecule has 0 atom stereocenters. The van der Waals surface area contributed by atoms with Gasteiger partial charge in [0.1, 0.15) is 13.2 Å². The van der Waals surface area contributed by atoms with E-state index in [9.17, 15) is 9.59 Å². The molecule has 9 heteroatoms. The third-order valence-corrected chi connectivity index (χ3v) is 6.33. The molecule has 2 aromatic rings. The van der Waals surface area contributed by atoms with Gasteiger partial charge in [-0.1, -0.05) is 30.0 Å². The van der Waals surface area contributed by atoms with Crippen LogP contribution >= 0.6 is 23.1 Å². The van der Waals surface area contributed by atoms with Crippen molar-refractivity contribution in [2.75, 3.05) is 23.9 Å². The maximum Gasteiger partial charge on any atom is 0.228 e. The molecular formula is C18H19N3O4S2. The van der Waals surface area contributed by atoms with E-state index in [-0.39, 0.29) is 23.5 Å². The zero-order valence-electron chi connectivity index (χ0n) is 14.8. The van der Waals surface area contributed by atoms with Gasteiger partial charge in [0.05, 0.1) is 5.75 Å². The molecule has 0 radical (unpaired) electrons. The molecule has 0 N–H and O–H groups in total. The van der Waals surface area contributed by atoms with Crippen LogP contribution in [0.2, 0.25) is 0 Å². The highest BCUT2D eigenvalue weighted by Crippen LogP contribution is 2.36. The van der Waals surface area contributed by atoms with Crippen LogP contribution in [0.4, 0.5) is 5.13 Å². The molecule has 27 heavy (non-hydrogen) atoms. The number of rotatable bonds is 7. The number of carbonyl (C=O) groups is 2. The minimum absolute atomic E-state index is 0.0163. The minimum Gasteiger partial charge on any atom is -0.486 e. The lowest BCUT2D eigenvalue weighted by molar-refractivity contribution is -0.118. The lowest BCUT2D eigenvalue weighted by Crippen LogP contribution is -2.32. The zero-order chi connectivity index (χ0) is 18.8. The van der Waals surface area contributed by atoms with Crippen molar-refractivity contribution in [1.29, 1.82) is 0 Å². The first-order chi connectivity index (χ1) is 13.2. The molecule has 0 spiro atoms. The fourth-order valence-electron chi connectivity index (χ4n) is 2.76. The van der Waals surface area contributed by atoms with Crippen molar-refractivity contribution < 1.29 is 19.1 Å². The van der Waals surface area contributed by atoms with Crippen molar-refractivity contribution in [3.05, 3.63) is 23.8 Å². The molecule has 4 rings (SSSR count). The minimum atomic E-state index is -0.0163. The number of nitrogens with zero attached hydrogens (tertiary/aromatic N) is 3. The van der Waals surface area contributed by atoms with Gasteiger partial charge in [-0.05, 0) is 31.0 Å². The monoisotopic (exact) mass is 405 g/mol. The van der Waals surface area contributed by atoms with Gasteiger partial charge in [-0.15, -0.1) is 10.2 Å². The molecule has 142 valence electrons. The van der Waals surface area contributed by atoms with E-state index in [1.807, 2.05) is 6.92 Å². The third-order valence-electron chi connectivity index (χ3n) is 4.28. The molecule has 1 fully saturated rings. The number of benzene rings is 1. The summed E-state index contributed by atoms with van der Waals surface area (Å²) in [6.45, 7) is 2.86. The highest BCUT2D eigenvalue weighted by molar-refractivity contribution is 8.01. The fourth-order valence-corrected chi connectivity index (χ4v) is 4.58. The number of hydrogen-bond acceptors (Lipinski definition) is 8. The summed E-state index contributed by atoms with van der Waals surface area (Å²) in [5.41, 5.74) is 0.581.